The van der Waals surface area contributed by atoms with Crippen LogP contribution in [-0.2, 0) is 11.2 Å². The summed E-state index contributed by atoms with van der Waals surface area (Å²) in [5.41, 5.74) is 4.16. The van der Waals surface area contributed by atoms with Gasteiger partial charge in [-0.2, -0.15) is 5.10 Å². The minimum absolute atomic E-state index is 0.0395. The van der Waals surface area contributed by atoms with Gasteiger partial charge < -0.3 is 9.64 Å². The first-order chi connectivity index (χ1) is 11.6. The Hall–Kier alpha value is -2.14. The maximum atomic E-state index is 12.7. The highest BCUT2D eigenvalue weighted by Gasteiger charge is 2.32. The van der Waals surface area contributed by atoms with Gasteiger partial charge in [-0.25, -0.2) is 0 Å². The van der Waals surface area contributed by atoms with Crippen molar-refractivity contribution in [2.75, 3.05) is 20.2 Å². The van der Waals surface area contributed by atoms with E-state index in [1.807, 2.05) is 11.8 Å². The Balaban J connectivity index is 1.69. The SMILES string of the molecule is CO[C@@H]1CN(C(=O)c2cn[nH]c2C)CC[C@@H]1Cc1ccccc1C. The van der Waals surface area contributed by atoms with Crippen LogP contribution in [0, 0.1) is 19.8 Å². The molecule has 3 rings (SSSR count). The second-order valence-electron chi connectivity index (χ2n) is 6.61. The maximum Gasteiger partial charge on any atom is 0.257 e. The molecule has 1 aliphatic heterocycles. The molecule has 1 amide bonds. The van der Waals surface area contributed by atoms with Crippen LogP contribution in [-0.4, -0.2) is 47.3 Å². The standard InChI is InChI=1S/C19H25N3O2/c1-13-6-4-5-7-15(13)10-16-8-9-22(12-18(16)24-3)19(23)17-11-20-21-14(17)2/h4-7,11,16,18H,8-10,12H2,1-3H3,(H,20,21)/t16-,18-/m1/s1. The van der Waals surface area contributed by atoms with E-state index in [1.165, 1.54) is 11.1 Å². The van der Waals surface area contributed by atoms with Crippen molar-refractivity contribution in [2.24, 2.45) is 5.92 Å². The van der Waals surface area contributed by atoms with Gasteiger partial charge in [-0.3, -0.25) is 9.89 Å². The van der Waals surface area contributed by atoms with Gasteiger partial charge in [0, 0.05) is 25.9 Å². The predicted molar refractivity (Wildman–Crippen MR) is 93.0 cm³/mol. The number of likely N-dealkylation sites (tertiary alicyclic amines) is 1. The molecular weight excluding hydrogens is 302 g/mol. The van der Waals surface area contributed by atoms with Crippen LogP contribution >= 0.6 is 0 Å². The summed E-state index contributed by atoms with van der Waals surface area (Å²) in [6.45, 7) is 5.42. The molecule has 0 aliphatic carbocycles. The number of ether oxygens (including phenoxy) is 1. The van der Waals surface area contributed by atoms with E-state index < -0.39 is 0 Å². The quantitative estimate of drug-likeness (QED) is 0.939. The number of rotatable bonds is 4. The molecule has 0 spiro atoms. The van der Waals surface area contributed by atoms with Gasteiger partial charge in [-0.05, 0) is 43.7 Å². The fourth-order valence-electron chi connectivity index (χ4n) is 3.51. The lowest BCUT2D eigenvalue weighted by molar-refractivity contribution is -0.00702. The number of carbonyl (C=O) groups is 1. The van der Waals surface area contributed by atoms with Gasteiger partial charge in [-0.1, -0.05) is 24.3 Å². The summed E-state index contributed by atoms with van der Waals surface area (Å²) in [4.78, 5) is 14.6. The van der Waals surface area contributed by atoms with Gasteiger partial charge in [0.1, 0.15) is 0 Å². The maximum absolute atomic E-state index is 12.7. The number of carbonyl (C=O) groups excluding carboxylic acids is 1. The van der Waals surface area contributed by atoms with E-state index in [0.29, 0.717) is 18.0 Å². The zero-order valence-electron chi connectivity index (χ0n) is 14.6. The molecule has 0 bridgehead atoms. The molecule has 128 valence electrons. The van der Waals surface area contributed by atoms with E-state index in [4.69, 9.17) is 4.74 Å². The molecule has 1 aliphatic rings. The molecule has 0 saturated carbocycles. The second-order valence-corrected chi connectivity index (χ2v) is 6.61. The van der Waals surface area contributed by atoms with Crippen LogP contribution in [0.4, 0.5) is 0 Å². The van der Waals surface area contributed by atoms with E-state index in [9.17, 15) is 4.79 Å². The van der Waals surface area contributed by atoms with Crippen LogP contribution in [0.25, 0.3) is 0 Å². The average Bonchev–Trinajstić information content (AvgIpc) is 3.02. The number of aryl methyl sites for hydroxylation is 2. The van der Waals surface area contributed by atoms with Crippen molar-refractivity contribution in [3.8, 4) is 0 Å². The summed E-state index contributed by atoms with van der Waals surface area (Å²) >= 11 is 0. The van der Waals surface area contributed by atoms with Gasteiger partial charge in [0.2, 0.25) is 0 Å². The number of hydrogen-bond acceptors (Lipinski definition) is 3. The highest BCUT2D eigenvalue weighted by Crippen LogP contribution is 2.26. The highest BCUT2D eigenvalue weighted by atomic mass is 16.5. The van der Waals surface area contributed by atoms with Crippen molar-refractivity contribution >= 4 is 5.91 Å². The summed E-state index contributed by atoms with van der Waals surface area (Å²) in [7, 11) is 1.74. The number of amides is 1. The fraction of sp³-hybridized carbons (Fsp3) is 0.474. The van der Waals surface area contributed by atoms with E-state index in [1.54, 1.807) is 13.3 Å². The molecule has 1 saturated heterocycles. The Bertz CT molecular complexity index is 710. The van der Waals surface area contributed by atoms with Crippen molar-refractivity contribution in [3.63, 3.8) is 0 Å². The van der Waals surface area contributed by atoms with Crippen molar-refractivity contribution < 1.29 is 9.53 Å². The normalized spacial score (nSPS) is 21.0. The number of H-pyrrole nitrogens is 1. The number of nitrogens with one attached hydrogen (secondary N) is 1. The van der Waals surface area contributed by atoms with Crippen LogP contribution in [0.5, 0.6) is 0 Å². The first-order valence-electron chi connectivity index (χ1n) is 8.46. The summed E-state index contributed by atoms with van der Waals surface area (Å²) in [6.07, 6.45) is 3.63. The minimum atomic E-state index is 0.0395. The third kappa shape index (κ3) is 3.36. The molecule has 2 atom stereocenters. The molecular formula is C19H25N3O2. The number of aromatic nitrogens is 2. The Kier molecular flexibility index (Phi) is 5.00. The Morgan fingerprint density at radius 3 is 2.83 bits per heavy atom. The monoisotopic (exact) mass is 327 g/mol. The molecule has 2 heterocycles. The van der Waals surface area contributed by atoms with Crippen molar-refractivity contribution in [3.05, 3.63) is 52.8 Å². The summed E-state index contributed by atoms with van der Waals surface area (Å²) in [5, 5.41) is 6.79. The molecule has 5 heteroatoms. The zero-order valence-corrected chi connectivity index (χ0v) is 14.6. The molecule has 1 fully saturated rings. The van der Waals surface area contributed by atoms with Crippen molar-refractivity contribution in [2.45, 2.75) is 32.8 Å². The summed E-state index contributed by atoms with van der Waals surface area (Å²) in [6, 6.07) is 8.50. The van der Waals surface area contributed by atoms with Crippen molar-refractivity contribution in [1.29, 1.82) is 0 Å². The lowest BCUT2D eigenvalue weighted by Gasteiger charge is -2.38. The third-order valence-corrected chi connectivity index (χ3v) is 5.09. The van der Waals surface area contributed by atoms with Gasteiger partial charge in [0.05, 0.1) is 17.9 Å². The Labute approximate surface area is 143 Å². The molecule has 2 aromatic rings. The number of aromatic amines is 1. The molecule has 1 aromatic carbocycles. The van der Waals surface area contributed by atoms with Crippen LogP contribution in [0.1, 0.15) is 33.6 Å². The zero-order chi connectivity index (χ0) is 17.1. The largest absolute Gasteiger partial charge is 0.379 e. The van der Waals surface area contributed by atoms with E-state index in [-0.39, 0.29) is 12.0 Å². The number of nitrogens with zero attached hydrogens (tertiary/aromatic N) is 2. The molecule has 24 heavy (non-hydrogen) atoms. The average molecular weight is 327 g/mol. The summed E-state index contributed by atoms with van der Waals surface area (Å²) in [5.74, 6) is 0.475. The Morgan fingerprint density at radius 2 is 2.17 bits per heavy atom. The smallest absolute Gasteiger partial charge is 0.257 e. The molecule has 1 N–H and O–H groups in total. The summed E-state index contributed by atoms with van der Waals surface area (Å²) < 4.78 is 5.73. The highest BCUT2D eigenvalue weighted by molar-refractivity contribution is 5.95. The molecule has 1 aromatic heterocycles. The first kappa shape index (κ1) is 16.7. The van der Waals surface area contributed by atoms with E-state index in [2.05, 4.69) is 41.4 Å². The van der Waals surface area contributed by atoms with Crippen LogP contribution in [0.3, 0.4) is 0 Å². The first-order valence-corrected chi connectivity index (χ1v) is 8.46. The number of hydrogen-bond donors (Lipinski definition) is 1. The van der Waals surface area contributed by atoms with Gasteiger partial charge >= 0.3 is 0 Å². The Morgan fingerprint density at radius 1 is 1.38 bits per heavy atom. The van der Waals surface area contributed by atoms with Crippen LogP contribution in [0.2, 0.25) is 0 Å². The number of piperidine rings is 1. The number of benzene rings is 1. The fourth-order valence-corrected chi connectivity index (χ4v) is 3.51. The number of methoxy groups -OCH3 is 1. The molecule has 5 nitrogen and oxygen atoms in total. The minimum Gasteiger partial charge on any atom is -0.379 e. The van der Waals surface area contributed by atoms with Crippen molar-refractivity contribution in [1.82, 2.24) is 15.1 Å². The van der Waals surface area contributed by atoms with Gasteiger partial charge in [0.15, 0.2) is 0 Å². The topological polar surface area (TPSA) is 58.2 Å². The second kappa shape index (κ2) is 7.18. The van der Waals surface area contributed by atoms with Gasteiger partial charge in [0.25, 0.3) is 5.91 Å². The van der Waals surface area contributed by atoms with Crippen LogP contribution in [0.15, 0.2) is 30.5 Å². The molecule has 0 unspecified atom stereocenters. The van der Waals surface area contributed by atoms with E-state index in [0.717, 1.165) is 25.1 Å². The predicted octanol–water partition coefficient (Wildman–Crippen LogP) is 2.75. The van der Waals surface area contributed by atoms with Gasteiger partial charge in [-0.15, -0.1) is 0 Å². The van der Waals surface area contributed by atoms with E-state index >= 15 is 0 Å². The third-order valence-electron chi connectivity index (χ3n) is 5.09. The van der Waals surface area contributed by atoms with Crippen LogP contribution < -0.4 is 0 Å². The molecule has 0 radical (unpaired) electrons. The lowest BCUT2D eigenvalue weighted by atomic mass is 9.86. The lowest BCUT2D eigenvalue weighted by Crippen LogP contribution is -2.48.